The zero-order chi connectivity index (χ0) is 13.7. The fraction of sp³-hybridized carbons (Fsp3) is 0.357. The molecule has 0 bridgehead atoms. The maximum Gasteiger partial charge on any atom is 0.137 e. The van der Waals surface area contributed by atoms with Crippen molar-refractivity contribution >= 4 is 0 Å². The molecule has 1 heterocycles. The Morgan fingerprint density at radius 1 is 1.42 bits per heavy atom. The number of rotatable bonds is 6. The first-order valence-corrected chi connectivity index (χ1v) is 6.21. The van der Waals surface area contributed by atoms with Crippen LogP contribution in [-0.2, 0) is 11.3 Å². The number of hydrogen-bond donors (Lipinski definition) is 2. The molecule has 0 amide bonds. The predicted molar refractivity (Wildman–Crippen MR) is 72.3 cm³/mol. The molecule has 2 rings (SSSR count). The first-order valence-electron chi connectivity index (χ1n) is 6.21. The summed E-state index contributed by atoms with van der Waals surface area (Å²) >= 11 is 0. The Hall–Kier alpha value is -1.72. The average molecular weight is 263 g/mol. The van der Waals surface area contributed by atoms with E-state index >= 15 is 0 Å². The zero-order valence-corrected chi connectivity index (χ0v) is 11.2. The number of ether oxygens (including phenoxy) is 1. The maximum absolute atomic E-state index is 13.2. The fourth-order valence-corrected chi connectivity index (χ4v) is 1.78. The van der Waals surface area contributed by atoms with E-state index in [0.717, 1.165) is 23.6 Å². The van der Waals surface area contributed by atoms with Gasteiger partial charge in [0.15, 0.2) is 0 Å². The van der Waals surface area contributed by atoms with Gasteiger partial charge in [0, 0.05) is 37.7 Å². The van der Waals surface area contributed by atoms with Crippen molar-refractivity contribution in [1.29, 1.82) is 0 Å². The van der Waals surface area contributed by atoms with E-state index in [1.807, 2.05) is 0 Å². The van der Waals surface area contributed by atoms with Crippen molar-refractivity contribution in [2.75, 3.05) is 20.3 Å². The van der Waals surface area contributed by atoms with Crippen LogP contribution in [0.1, 0.15) is 11.3 Å². The molecule has 0 saturated carbocycles. The predicted octanol–water partition coefficient (Wildman–Crippen LogP) is 2.26. The van der Waals surface area contributed by atoms with E-state index in [0.29, 0.717) is 18.7 Å². The van der Waals surface area contributed by atoms with Gasteiger partial charge in [0.05, 0.1) is 6.61 Å². The Bertz CT molecular complexity index is 539. The maximum atomic E-state index is 13.2. The minimum Gasteiger partial charge on any atom is -0.383 e. The van der Waals surface area contributed by atoms with Gasteiger partial charge in [-0.05, 0) is 30.7 Å². The van der Waals surface area contributed by atoms with Gasteiger partial charge in [0.1, 0.15) is 11.6 Å². The highest BCUT2D eigenvalue weighted by atomic mass is 19.1. The van der Waals surface area contributed by atoms with Gasteiger partial charge in [-0.25, -0.2) is 9.37 Å². The summed E-state index contributed by atoms with van der Waals surface area (Å²) in [5.74, 6) is 0.559. The number of nitrogens with one attached hydrogen (secondary N) is 2. The minimum atomic E-state index is -0.197. The molecule has 1 aromatic carbocycles. The van der Waals surface area contributed by atoms with Crippen LogP contribution in [0.15, 0.2) is 24.4 Å². The van der Waals surface area contributed by atoms with E-state index in [1.165, 1.54) is 6.07 Å². The quantitative estimate of drug-likeness (QED) is 0.786. The van der Waals surface area contributed by atoms with Crippen LogP contribution in [0.2, 0.25) is 0 Å². The van der Waals surface area contributed by atoms with Gasteiger partial charge in [0.2, 0.25) is 0 Å². The van der Waals surface area contributed by atoms with Crippen LogP contribution in [0.25, 0.3) is 11.4 Å². The summed E-state index contributed by atoms with van der Waals surface area (Å²) in [6, 6.07) is 4.98. The van der Waals surface area contributed by atoms with Crippen LogP contribution in [-0.4, -0.2) is 30.2 Å². The number of aromatic amines is 1. The molecule has 2 aromatic rings. The third-order valence-electron chi connectivity index (χ3n) is 2.86. The molecule has 19 heavy (non-hydrogen) atoms. The van der Waals surface area contributed by atoms with Crippen molar-refractivity contribution in [3.8, 4) is 11.4 Å². The molecule has 0 aliphatic rings. The number of halogens is 1. The summed E-state index contributed by atoms with van der Waals surface area (Å²) < 4.78 is 18.2. The highest BCUT2D eigenvalue weighted by Gasteiger charge is 2.05. The standard InChI is InChI=1S/C14H18FN3O/c1-10-7-11(3-4-13(10)15)14-17-9-12(18-14)8-16-5-6-19-2/h3-4,7,9,16H,5-6,8H2,1-2H3,(H,17,18). The number of aromatic nitrogens is 2. The summed E-state index contributed by atoms with van der Waals surface area (Å²) in [6.07, 6.45) is 1.79. The highest BCUT2D eigenvalue weighted by molar-refractivity contribution is 5.56. The zero-order valence-electron chi connectivity index (χ0n) is 11.2. The summed E-state index contributed by atoms with van der Waals surface area (Å²) in [6.45, 7) is 3.92. The molecule has 0 fully saturated rings. The second-order valence-electron chi connectivity index (χ2n) is 4.39. The number of nitrogens with zero attached hydrogens (tertiary/aromatic N) is 1. The van der Waals surface area contributed by atoms with Gasteiger partial charge in [0.25, 0.3) is 0 Å². The van der Waals surface area contributed by atoms with E-state index in [2.05, 4.69) is 15.3 Å². The molecular weight excluding hydrogens is 245 g/mol. The number of hydrogen-bond acceptors (Lipinski definition) is 3. The van der Waals surface area contributed by atoms with Gasteiger partial charge in [-0.3, -0.25) is 0 Å². The fourth-order valence-electron chi connectivity index (χ4n) is 1.78. The second kappa shape index (κ2) is 6.45. The first-order chi connectivity index (χ1) is 9.20. The number of imidazole rings is 1. The van der Waals surface area contributed by atoms with E-state index in [9.17, 15) is 4.39 Å². The summed E-state index contributed by atoms with van der Waals surface area (Å²) in [7, 11) is 1.67. The average Bonchev–Trinajstić information content (AvgIpc) is 2.87. The number of H-pyrrole nitrogens is 1. The molecule has 0 atom stereocenters. The third kappa shape index (κ3) is 3.62. The lowest BCUT2D eigenvalue weighted by Crippen LogP contribution is -2.18. The van der Waals surface area contributed by atoms with E-state index < -0.39 is 0 Å². The Kier molecular flexibility index (Phi) is 4.65. The monoisotopic (exact) mass is 263 g/mol. The molecule has 0 unspecified atom stereocenters. The smallest absolute Gasteiger partial charge is 0.137 e. The molecule has 0 aliphatic carbocycles. The largest absolute Gasteiger partial charge is 0.383 e. The third-order valence-corrected chi connectivity index (χ3v) is 2.86. The normalized spacial score (nSPS) is 10.9. The van der Waals surface area contributed by atoms with Gasteiger partial charge in [-0.2, -0.15) is 0 Å². The minimum absolute atomic E-state index is 0.197. The van der Waals surface area contributed by atoms with Crippen LogP contribution in [0.5, 0.6) is 0 Å². The van der Waals surface area contributed by atoms with Crippen molar-refractivity contribution in [3.05, 3.63) is 41.5 Å². The van der Waals surface area contributed by atoms with Crippen LogP contribution < -0.4 is 5.32 Å². The van der Waals surface area contributed by atoms with Crippen LogP contribution >= 0.6 is 0 Å². The first kappa shape index (κ1) is 13.7. The molecule has 4 nitrogen and oxygen atoms in total. The molecular formula is C14H18FN3O. The van der Waals surface area contributed by atoms with Crippen molar-refractivity contribution in [2.45, 2.75) is 13.5 Å². The lowest BCUT2D eigenvalue weighted by Gasteiger charge is -2.02. The van der Waals surface area contributed by atoms with Crippen molar-refractivity contribution in [3.63, 3.8) is 0 Å². The van der Waals surface area contributed by atoms with Gasteiger partial charge in [-0.1, -0.05) is 0 Å². The lowest BCUT2D eigenvalue weighted by atomic mass is 10.1. The van der Waals surface area contributed by atoms with Crippen LogP contribution in [0.3, 0.4) is 0 Å². The molecule has 102 valence electrons. The number of benzene rings is 1. The Morgan fingerprint density at radius 3 is 3.00 bits per heavy atom. The SMILES string of the molecule is COCCNCc1cnc(-c2ccc(F)c(C)c2)[nH]1. The Balaban J connectivity index is 2.01. The molecule has 0 aliphatic heterocycles. The van der Waals surface area contributed by atoms with Gasteiger partial charge < -0.3 is 15.0 Å². The summed E-state index contributed by atoms with van der Waals surface area (Å²) in [4.78, 5) is 7.52. The van der Waals surface area contributed by atoms with E-state index in [1.54, 1.807) is 32.4 Å². The van der Waals surface area contributed by atoms with Gasteiger partial charge in [-0.15, -0.1) is 0 Å². The van der Waals surface area contributed by atoms with Gasteiger partial charge >= 0.3 is 0 Å². The summed E-state index contributed by atoms with van der Waals surface area (Å²) in [5, 5.41) is 3.23. The van der Waals surface area contributed by atoms with E-state index in [4.69, 9.17) is 4.74 Å². The second-order valence-corrected chi connectivity index (χ2v) is 4.39. The molecule has 0 saturated heterocycles. The topological polar surface area (TPSA) is 49.9 Å². The number of methoxy groups -OCH3 is 1. The lowest BCUT2D eigenvalue weighted by molar-refractivity contribution is 0.199. The Morgan fingerprint density at radius 2 is 2.26 bits per heavy atom. The highest BCUT2D eigenvalue weighted by Crippen LogP contribution is 2.18. The molecule has 1 aromatic heterocycles. The van der Waals surface area contributed by atoms with Crippen molar-refractivity contribution < 1.29 is 9.13 Å². The van der Waals surface area contributed by atoms with E-state index in [-0.39, 0.29) is 5.82 Å². The molecule has 0 radical (unpaired) electrons. The Labute approximate surface area is 112 Å². The number of aryl methyl sites for hydroxylation is 1. The molecule has 2 N–H and O–H groups in total. The van der Waals surface area contributed by atoms with Crippen molar-refractivity contribution in [1.82, 2.24) is 15.3 Å². The van der Waals surface area contributed by atoms with Crippen molar-refractivity contribution in [2.24, 2.45) is 0 Å². The molecule has 0 spiro atoms. The van der Waals surface area contributed by atoms with Crippen LogP contribution in [0, 0.1) is 12.7 Å². The molecule has 5 heteroatoms. The van der Waals surface area contributed by atoms with Crippen LogP contribution in [0.4, 0.5) is 4.39 Å². The summed E-state index contributed by atoms with van der Waals surface area (Å²) in [5.41, 5.74) is 2.50.